The Morgan fingerprint density at radius 3 is 2.73 bits per heavy atom. The number of ether oxygens (including phenoxy) is 1. The zero-order valence-electron chi connectivity index (χ0n) is 18.6. The maximum Gasteiger partial charge on any atom is 0.260 e. The number of thiazole rings is 1. The van der Waals surface area contributed by atoms with Gasteiger partial charge in [-0.2, -0.15) is 0 Å². The van der Waals surface area contributed by atoms with Crippen molar-refractivity contribution in [2.75, 3.05) is 50.5 Å². The summed E-state index contributed by atoms with van der Waals surface area (Å²) in [4.78, 5) is 22.4. The predicted octanol–water partition coefficient (Wildman–Crippen LogP) is 4.03. The monoisotopic (exact) mass is 507 g/mol. The fourth-order valence-electron chi connectivity index (χ4n) is 3.83. The number of sulfone groups is 1. The molecule has 10 heteroatoms. The van der Waals surface area contributed by atoms with Gasteiger partial charge in [0.15, 0.2) is 15.0 Å². The molecule has 2 aromatic carbocycles. The molecule has 33 heavy (non-hydrogen) atoms. The molecule has 0 spiro atoms. The normalized spacial score (nSPS) is 15.1. The van der Waals surface area contributed by atoms with E-state index >= 15 is 0 Å². The van der Waals surface area contributed by atoms with Crippen molar-refractivity contribution in [2.45, 2.75) is 18.2 Å². The van der Waals surface area contributed by atoms with E-state index in [0.29, 0.717) is 22.3 Å². The van der Waals surface area contributed by atoms with Gasteiger partial charge in [-0.05, 0) is 49.2 Å². The first-order valence-corrected chi connectivity index (χ1v) is 13.8. The third kappa shape index (κ3) is 5.73. The van der Waals surface area contributed by atoms with E-state index in [9.17, 15) is 13.2 Å². The van der Waals surface area contributed by atoms with Gasteiger partial charge in [0.05, 0.1) is 28.3 Å². The number of rotatable bonds is 7. The molecule has 0 atom stereocenters. The van der Waals surface area contributed by atoms with Crippen LogP contribution in [-0.4, -0.2) is 69.9 Å². The molecule has 1 saturated heterocycles. The number of halogens is 1. The highest BCUT2D eigenvalue weighted by Gasteiger charge is 2.23. The highest BCUT2D eigenvalue weighted by molar-refractivity contribution is 7.90. The minimum absolute atomic E-state index is 0.119. The molecule has 1 aliphatic rings. The SMILES string of the molecule is Cc1cc(Cl)cc2sc(N(CCCN3CCOCC3)C(=O)c3cccc(S(C)(=O)=O)c3)nc12. The van der Waals surface area contributed by atoms with Crippen LogP contribution in [0.5, 0.6) is 0 Å². The van der Waals surface area contributed by atoms with Gasteiger partial charge >= 0.3 is 0 Å². The van der Waals surface area contributed by atoms with E-state index in [4.69, 9.17) is 21.3 Å². The van der Waals surface area contributed by atoms with Crippen LogP contribution in [0, 0.1) is 6.92 Å². The lowest BCUT2D eigenvalue weighted by Crippen LogP contribution is -2.39. The number of hydrogen-bond acceptors (Lipinski definition) is 7. The van der Waals surface area contributed by atoms with Gasteiger partial charge in [-0.3, -0.25) is 14.6 Å². The van der Waals surface area contributed by atoms with Crippen LogP contribution in [-0.2, 0) is 14.6 Å². The fraction of sp³-hybridized carbons (Fsp3) is 0.391. The van der Waals surface area contributed by atoms with Crippen molar-refractivity contribution in [3.63, 3.8) is 0 Å². The number of carbonyl (C=O) groups excluding carboxylic acids is 1. The van der Waals surface area contributed by atoms with Crippen molar-refractivity contribution in [1.29, 1.82) is 0 Å². The lowest BCUT2D eigenvalue weighted by Gasteiger charge is -2.27. The molecule has 1 amide bonds. The lowest BCUT2D eigenvalue weighted by molar-refractivity contribution is 0.0376. The van der Waals surface area contributed by atoms with E-state index in [1.54, 1.807) is 17.0 Å². The third-order valence-corrected chi connectivity index (χ3v) is 7.94. The average molecular weight is 508 g/mol. The molecule has 0 bridgehead atoms. The van der Waals surface area contributed by atoms with Gasteiger partial charge in [0.25, 0.3) is 5.91 Å². The summed E-state index contributed by atoms with van der Waals surface area (Å²) in [6, 6.07) is 9.87. The highest BCUT2D eigenvalue weighted by atomic mass is 35.5. The quantitative estimate of drug-likeness (QED) is 0.480. The Kier molecular flexibility index (Phi) is 7.35. The second-order valence-electron chi connectivity index (χ2n) is 8.13. The summed E-state index contributed by atoms with van der Waals surface area (Å²) in [7, 11) is -3.43. The van der Waals surface area contributed by atoms with Gasteiger partial charge in [-0.1, -0.05) is 29.0 Å². The molecule has 0 N–H and O–H groups in total. The molecule has 0 saturated carbocycles. The van der Waals surface area contributed by atoms with Gasteiger partial charge in [0, 0.05) is 43.0 Å². The molecule has 176 valence electrons. The van der Waals surface area contributed by atoms with Gasteiger partial charge in [-0.15, -0.1) is 0 Å². The lowest BCUT2D eigenvalue weighted by atomic mass is 10.2. The van der Waals surface area contributed by atoms with Crippen molar-refractivity contribution in [3.8, 4) is 0 Å². The molecule has 7 nitrogen and oxygen atoms in total. The zero-order valence-corrected chi connectivity index (χ0v) is 21.0. The first-order chi connectivity index (χ1) is 15.7. The van der Waals surface area contributed by atoms with Crippen molar-refractivity contribution < 1.29 is 17.9 Å². The number of nitrogens with zero attached hydrogens (tertiary/aromatic N) is 3. The van der Waals surface area contributed by atoms with E-state index in [0.717, 1.165) is 61.3 Å². The Bertz CT molecular complexity index is 1270. The van der Waals surface area contributed by atoms with Crippen molar-refractivity contribution in [1.82, 2.24) is 9.88 Å². The number of anilines is 1. The number of aryl methyl sites for hydroxylation is 1. The molecule has 1 aromatic heterocycles. The first kappa shape index (κ1) is 24.1. The summed E-state index contributed by atoms with van der Waals surface area (Å²) in [5.74, 6) is -0.273. The number of carbonyl (C=O) groups is 1. The van der Waals surface area contributed by atoms with Gasteiger partial charge in [0.1, 0.15) is 0 Å². The number of aromatic nitrogens is 1. The Morgan fingerprint density at radius 2 is 2.00 bits per heavy atom. The van der Waals surface area contributed by atoms with Crippen LogP contribution in [0.1, 0.15) is 22.3 Å². The first-order valence-electron chi connectivity index (χ1n) is 10.7. The van der Waals surface area contributed by atoms with Crippen LogP contribution < -0.4 is 4.90 Å². The second-order valence-corrected chi connectivity index (χ2v) is 11.6. The van der Waals surface area contributed by atoms with Gasteiger partial charge < -0.3 is 4.74 Å². The maximum atomic E-state index is 13.6. The molecule has 0 aliphatic carbocycles. The van der Waals surface area contributed by atoms with E-state index in [-0.39, 0.29) is 10.8 Å². The van der Waals surface area contributed by atoms with Crippen LogP contribution in [0.2, 0.25) is 5.02 Å². The average Bonchev–Trinajstić information content (AvgIpc) is 3.20. The van der Waals surface area contributed by atoms with Gasteiger partial charge in [0.2, 0.25) is 0 Å². The number of amides is 1. The van der Waals surface area contributed by atoms with Crippen molar-refractivity contribution >= 4 is 54.0 Å². The molecule has 3 aromatic rings. The summed E-state index contributed by atoms with van der Waals surface area (Å²) in [6.45, 7) is 6.44. The van der Waals surface area contributed by atoms with E-state index < -0.39 is 9.84 Å². The van der Waals surface area contributed by atoms with Crippen LogP contribution >= 0.6 is 22.9 Å². The topological polar surface area (TPSA) is 79.8 Å². The van der Waals surface area contributed by atoms with E-state index in [1.807, 2.05) is 19.1 Å². The summed E-state index contributed by atoms with van der Waals surface area (Å²) in [5.41, 5.74) is 2.08. The molecular weight excluding hydrogens is 482 g/mol. The summed E-state index contributed by atoms with van der Waals surface area (Å²) < 4.78 is 30.4. The molecule has 2 heterocycles. The van der Waals surface area contributed by atoms with E-state index in [1.165, 1.54) is 23.5 Å². The molecular formula is C23H26ClN3O4S2. The van der Waals surface area contributed by atoms with Crippen molar-refractivity contribution in [3.05, 3.63) is 52.5 Å². The summed E-state index contributed by atoms with van der Waals surface area (Å²) >= 11 is 7.64. The number of benzene rings is 2. The number of morpholine rings is 1. The summed E-state index contributed by atoms with van der Waals surface area (Å²) in [6.07, 6.45) is 1.89. The molecule has 1 aliphatic heterocycles. The third-order valence-electron chi connectivity index (χ3n) is 5.58. The highest BCUT2D eigenvalue weighted by Crippen LogP contribution is 2.34. The maximum absolute atomic E-state index is 13.6. The Balaban J connectivity index is 1.65. The Morgan fingerprint density at radius 1 is 1.24 bits per heavy atom. The largest absolute Gasteiger partial charge is 0.379 e. The van der Waals surface area contributed by atoms with Crippen LogP contribution in [0.15, 0.2) is 41.3 Å². The Hall–Kier alpha value is -2.04. The van der Waals surface area contributed by atoms with Crippen molar-refractivity contribution in [2.24, 2.45) is 0 Å². The number of fused-ring (bicyclic) bond motifs is 1. The minimum Gasteiger partial charge on any atom is -0.379 e. The van der Waals surface area contributed by atoms with Crippen LogP contribution in [0.4, 0.5) is 5.13 Å². The smallest absolute Gasteiger partial charge is 0.260 e. The minimum atomic E-state index is -3.43. The predicted molar refractivity (Wildman–Crippen MR) is 132 cm³/mol. The fourth-order valence-corrected chi connectivity index (χ4v) is 5.95. The molecule has 1 fully saturated rings. The standard InChI is InChI=1S/C23H26ClN3O4S2/c1-16-13-18(24)15-20-21(16)25-23(32-20)27(8-4-7-26-9-11-31-12-10-26)22(28)17-5-3-6-19(14-17)33(2,29)30/h3,5-6,13-15H,4,7-12H2,1-2H3. The van der Waals surface area contributed by atoms with Crippen LogP contribution in [0.25, 0.3) is 10.2 Å². The van der Waals surface area contributed by atoms with Crippen LogP contribution in [0.3, 0.4) is 0 Å². The van der Waals surface area contributed by atoms with Gasteiger partial charge in [-0.25, -0.2) is 13.4 Å². The molecule has 4 rings (SSSR count). The Labute approximate surface area is 202 Å². The zero-order chi connectivity index (χ0) is 23.6. The molecule has 0 unspecified atom stereocenters. The summed E-state index contributed by atoms with van der Waals surface area (Å²) in [5, 5.41) is 1.20. The van der Waals surface area contributed by atoms with E-state index in [2.05, 4.69) is 4.90 Å². The number of hydrogen-bond donors (Lipinski definition) is 0. The molecule has 0 radical (unpaired) electrons. The second kappa shape index (κ2) is 10.1.